The predicted octanol–water partition coefficient (Wildman–Crippen LogP) is 4.38. The highest BCUT2D eigenvalue weighted by Crippen LogP contribution is 2.57. The highest BCUT2D eigenvalue weighted by Gasteiger charge is 2.61. The quantitative estimate of drug-likeness (QED) is 0.365. The number of nitrogens with two attached hydrogens (primary N) is 2. The first kappa shape index (κ1) is 22.1. The molecule has 30 heavy (non-hydrogen) atoms. The molecule has 1 aromatic rings. The molecule has 2 atom stereocenters. The number of nitrogens with zero attached hydrogens (tertiary/aromatic N) is 3. The zero-order valence-electron chi connectivity index (χ0n) is 18.3. The average molecular weight is 411 g/mol. The molecule has 0 bridgehead atoms. The Kier molecular flexibility index (Phi) is 6.38. The van der Waals surface area contributed by atoms with Gasteiger partial charge in [-0.1, -0.05) is 57.5 Å². The second-order valence-corrected chi connectivity index (χ2v) is 9.41. The summed E-state index contributed by atoms with van der Waals surface area (Å²) in [4.78, 5) is 13.5. The zero-order chi connectivity index (χ0) is 21.9. The van der Waals surface area contributed by atoms with Crippen molar-refractivity contribution in [1.82, 2.24) is 0 Å². The van der Waals surface area contributed by atoms with Crippen molar-refractivity contribution < 1.29 is 4.79 Å². The number of Topliss-reactive ketones (excluding diaryl/α,β-unsaturated/α-hetero) is 1. The number of carbonyl (C=O) groups excluding carboxylic acids is 1. The van der Waals surface area contributed by atoms with Crippen LogP contribution >= 0.6 is 0 Å². The minimum absolute atomic E-state index is 0.0727. The molecular weight excluding hydrogens is 376 g/mol. The van der Waals surface area contributed by atoms with Crippen LogP contribution in [0.2, 0.25) is 0 Å². The molecule has 1 aromatic carbocycles. The number of hydrogen-bond acceptors (Lipinski definition) is 7. The topological polar surface area (TPSA) is 130 Å². The van der Waals surface area contributed by atoms with Gasteiger partial charge in [-0.05, 0) is 49.5 Å². The standard InChI is InChI=1S/C23H34N6O/c1-15(2)9-10-16(3)23(29-26)13-11-22(12-14-23)18(17-7-5-4-6-8-17)19(27-24)20(28-25)21(22)30/h4-8,15-16,18,26H,9-14,24-25H2,1-3H3. The minimum Gasteiger partial charge on any atom is -0.323 e. The van der Waals surface area contributed by atoms with Crippen molar-refractivity contribution >= 4 is 17.2 Å². The fourth-order valence-corrected chi connectivity index (χ4v) is 5.48. The molecule has 2 fully saturated rings. The molecule has 2 unspecified atom stereocenters. The third-order valence-electron chi connectivity index (χ3n) is 7.46. The maximum Gasteiger partial charge on any atom is 0.192 e. The Morgan fingerprint density at radius 3 is 2.17 bits per heavy atom. The van der Waals surface area contributed by atoms with Crippen LogP contribution in [0.1, 0.15) is 70.8 Å². The highest BCUT2D eigenvalue weighted by molar-refractivity contribution is 6.73. The van der Waals surface area contributed by atoms with Gasteiger partial charge in [0.15, 0.2) is 11.5 Å². The lowest BCUT2D eigenvalue weighted by Gasteiger charge is -2.46. The van der Waals surface area contributed by atoms with Crippen LogP contribution in [0.25, 0.3) is 0 Å². The van der Waals surface area contributed by atoms with Crippen LogP contribution in [-0.4, -0.2) is 22.7 Å². The fourth-order valence-electron chi connectivity index (χ4n) is 5.48. The van der Waals surface area contributed by atoms with Crippen LogP contribution < -0.4 is 11.7 Å². The van der Waals surface area contributed by atoms with E-state index in [4.69, 9.17) is 17.2 Å². The van der Waals surface area contributed by atoms with Gasteiger partial charge in [0.25, 0.3) is 0 Å². The molecule has 0 saturated heterocycles. The zero-order valence-corrected chi connectivity index (χ0v) is 18.3. The maximum absolute atomic E-state index is 13.5. The fraction of sp³-hybridized carbons (Fsp3) is 0.609. The first-order chi connectivity index (χ1) is 14.3. The van der Waals surface area contributed by atoms with Crippen LogP contribution in [0.3, 0.4) is 0 Å². The molecular formula is C23H34N6O. The van der Waals surface area contributed by atoms with Crippen molar-refractivity contribution in [1.29, 1.82) is 5.53 Å². The molecule has 0 radical (unpaired) electrons. The van der Waals surface area contributed by atoms with Crippen molar-refractivity contribution in [2.75, 3.05) is 0 Å². The first-order valence-corrected chi connectivity index (χ1v) is 10.9. The van der Waals surface area contributed by atoms with Crippen molar-refractivity contribution in [2.24, 2.45) is 44.3 Å². The summed E-state index contributed by atoms with van der Waals surface area (Å²) in [6.07, 6.45) is 4.79. The molecule has 7 heteroatoms. The number of rotatable bonds is 6. The van der Waals surface area contributed by atoms with E-state index in [0.29, 0.717) is 43.2 Å². The van der Waals surface area contributed by atoms with Crippen molar-refractivity contribution in [2.45, 2.75) is 70.8 Å². The van der Waals surface area contributed by atoms with Gasteiger partial charge in [0.1, 0.15) is 0 Å². The summed E-state index contributed by atoms with van der Waals surface area (Å²) in [5.74, 6) is 11.9. The van der Waals surface area contributed by atoms with E-state index in [0.717, 1.165) is 18.4 Å². The summed E-state index contributed by atoms with van der Waals surface area (Å²) in [6.45, 7) is 6.63. The average Bonchev–Trinajstić information content (AvgIpc) is 3.00. The van der Waals surface area contributed by atoms with Gasteiger partial charge in [-0.15, -0.1) is 0 Å². The lowest BCUT2D eigenvalue weighted by molar-refractivity contribution is -0.124. The van der Waals surface area contributed by atoms with Crippen molar-refractivity contribution in [3.63, 3.8) is 0 Å². The highest BCUT2D eigenvalue weighted by atomic mass is 16.1. The smallest absolute Gasteiger partial charge is 0.192 e. The molecule has 1 spiro atoms. The summed E-state index contributed by atoms with van der Waals surface area (Å²) < 4.78 is 0. The molecule has 3 rings (SSSR count). The minimum atomic E-state index is -0.677. The van der Waals surface area contributed by atoms with E-state index < -0.39 is 11.0 Å². The Hall–Kier alpha value is -2.57. The van der Waals surface area contributed by atoms with Gasteiger partial charge in [-0.3, -0.25) is 4.79 Å². The number of hydrogen-bond donors (Lipinski definition) is 3. The Bertz CT molecular complexity index is 837. The normalized spacial score (nSPS) is 32.9. The second-order valence-electron chi connectivity index (χ2n) is 9.41. The number of carbonyl (C=O) groups is 1. The van der Waals surface area contributed by atoms with E-state index in [9.17, 15) is 4.79 Å². The van der Waals surface area contributed by atoms with Gasteiger partial charge in [0, 0.05) is 11.3 Å². The van der Waals surface area contributed by atoms with Crippen molar-refractivity contribution in [3.05, 3.63) is 35.9 Å². The number of nitrogens with one attached hydrogen (secondary N) is 1. The largest absolute Gasteiger partial charge is 0.323 e. The number of benzene rings is 1. The molecule has 2 saturated carbocycles. The molecule has 0 aliphatic heterocycles. The van der Waals surface area contributed by atoms with Gasteiger partial charge in [-0.25, -0.2) is 5.53 Å². The predicted molar refractivity (Wildman–Crippen MR) is 119 cm³/mol. The van der Waals surface area contributed by atoms with E-state index in [-0.39, 0.29) is 17.4 Å². The summed E-state index contributed by atoms with van der Waals surface area (Å²) in [5.41, 5.74) is 8.56. The van der Waals surface area contributed by atoms with Crippen LogP contribution in [-0.2, 0) is 4.79 Å². The van der Waals surface area contributed by atoms with Crippen molar-refractivity contribution in [3.8, 4) is 0 Å². The maximum atomic E-state index is 13.5. The molecule has 0 aromatic heterocycles. The summed E-state index contributed by atoms with van der Waals surface area (Å²) in [7, 11) is 0. The van der Waals surface area contributed by atoms with Gasteiger partial charge in [0.2, 0.25) is 0 Å². The monoisotopic (exact) mass is 410 g/mol. The summed E-state index contributed by atoms with van der Waals surface area (Å²) in [6, 6.07) is 9.88. The number of hydrazone groups is 2. The van der Waals surface area contributed by atoms with Gasteiger partial charge >= 0.3 is 0 Å². The van der Waals surface area contributed by atoms with Crippen LogP contribution in [0.5, 0.6) is 0 Å². The SMILES string of the molecule is CC(C)CCC(C)C1(N=N)CCC2(CC1)C(=O)C(=NN)C(=NN)C2c1ccccc1. The van der Waals surface area contributed by atoms with Gasteiger partial charge < -0.3 is 11.7 Å². The molecule has 7 nitrogen and oxygen atoms in total. The Labute approximate surface area is 178 Å². The Balaban J connectivity index is 1.96. The van der Waals surface area contributed by atoms with E-state index in [2.05, 4.69) is 36.1 Å². The molecule has 2 aliphatic carbocycles. The van der Waals surface area contributed by atoms with Crippen LogP contribution in [0, 0.1) is 22.8 Å². The Morgan fingerprint density at radius 1 is 1.03 bits per heavy atom. The summed E-state index contributed by atoms with van der Waals surface area (Å²) in [5, 5.41) is 11.9. The molecule has 162 valence electrons. The first-order valence-electron chi connectivity index (χ1n) is 10.9. The van der Waals surface area contributed by atoms with Crippen LogP contribution in [0.4, 0.5) is 0 Å². The van der Waals surface area contributed by atoms with Gasteiger partial charge in [-0.2, -0.15) is 15.3 Å². The third-order valence-corrected chi connectivity index (χ3v) is 7.46. The van der Waals surface area contributed by atoms with Crippen LogP contribution in [0.15, 0.2) is 45.6 Å². The lowest BCUT2D eigenvalue weighted by atomic mass is 9.58. The van der Waals surface area contributed by atoms with E-state index in [1.807, 2.05) is 30.3 Å². The molecule has 0 heterocycles. The molecule has 2 aliphatic rings. The van der Waals surface area contributed by atoms with E-state index in [1.54, 1.807) is 0 Å². The number of ketones is 1. The Morgan fingerprint density at radius 2 is 1.67 bits per heavy atom. The second kappa shape index (κ2) is 8.66. The lowest BCUT2D eigenvalue weighted by Crippen LogP contribution is -2.46. The van der Waals surface area contributed by atoms with Gasteiger partial charge in [0.05, 0.1) is 11.3 Å². The van der Waals surface area contributed by atoms with E-state index >= 15 is 0 Å². The molecule has 0 amide bonds. The third kappa shape index (κ3) is 3.55. The molecule has 5 N–H and O–H groups in total. The summed E-state index contributed by atoms with van der Waals surface area (Å²) >= 11 is 0. The van der Waals surface area contributed by atoms with E-state index in [1.165, 1.54) is 0 Å².